The molecule has 1 aliphatic heterocycles. The predicted octanol–water partition coefficient (Wildman–Crippen LogP) is 4.61. The van der Waals surface area contributed by atoms with Crippen molar-refractivity contribution in [2.45, 2.75) is 44.1 Å². The maximum absolute atomic E-state index is 13.9. The second-order valence-electron chi connectivity index (χ2n) is 9.51. The maximum Gasteiger partial charge on any atom is 0.296 e. The van der Waals surface area contributed by atoms with E-state index >= 15 is 0 Å². The quantitative estimate of drug-likeness (QED) is 0.472. The average Bonchev–Trinajstić information content (AvgIpc) is 3.27. The molecule has 36 heavy (non-hydrogen) atoms. The van der Waals surface area contributed by atoms with Gasteiger partial charge in [0.1, 0.15) is 12.2 Å². The highest BCUT2D eigenvalue weighted by Crippen LogP contribution is 2.37. The molecule has 1 saturated carbocycles. The van der Waals surface area contributed by atoms with Crippen molar-refractivity contribution in [1.82, 2.24) is 9.88 Å². The number of aliphatic hydroxyl groups excluding tert-OH is 1. The first-order chi connectivity index (χ1) is 17.4. The van der Waals surface area contributed by atoms with Gasteiger partial charge in [-0.3, -0.25) is 4.79 Å². The molecule has 2 unspecified atom stereocenters. The number of aromatic nitrogens is 1. The standard InChI is InChI=1S/C26H29ClFN3O5/c1-14-12-31(22(13-35-14)16-7-19(32)8-16)25(33)17-9-20-24(23(10-17)34-2)36-26(29-20)30-21(11-28)15-4-3-5-18(27)6-15/h3-6,9-10,14,16,19,21-22,32H,7-8,11-13H2,1-2H3,(H,29,30)/t14?,16?,19?,21-,22?/m1/s1. The van der Waals surface area contributed by atoms with Gasteiger partial charge in [-0.15, -0.1) is 0 Å². The van der Waals surface area contributed by atoms with E-state index in [1.165, 1.54) is 7.11 Å². The van der Waals surface area contributed by atoms with Crippen LogP contribution in [-0.4, -0.2) is 66.1 Å². The van der Waals surface area contributed by atoms with Crippen LogP contribution in [0.25, 0.3) is 11.1 Å². The van der Waals surface area contributed by atoms with Gasteiger partial charge in [0.25, 0.3) is 11.9 Å². The number of nitrogens with one attached hydrogen (secondary N) is 1. The van der Waals surface area contributed by atoms with E-state index in [9.17, 15) is 14.3 Å². The molecule has 10 heteroatoms. The molecular weight excluding hydrogens is 489 g/mol. The molecule has 2 heterocycles. The van der Waals surface area contributed by atoms with Crippen molar-refractivity contribution >= 4 is 34.6 Å². The number of hydrogen-bond donors (Lipinski definition) is 2. The Kier molecular flexibility index (Phi) is 7.05. The van der Waals surface area contributed by atoms with Gasteiger partial charge in [-0.2, -0.15) is 4.98 Å². The first-order valence-corrected chi connectivity index (χ1v) is 12.4. The number of amides is 1. The number of morpholine rings is 1. The average molecular weight is 518 g/mol. The number of oxazole rings is 1. The number of carbonyl (C=O) groups excluding carboxylic acids is 1. The SMILES string of the molecule is COc1cc(C(=O)N2CC(C)OCC2C2CC(O)C2)cc2nc(N[C@H](CF)c3cccc(Cl)c3)oc12. The molecule has 2 aliphatic rings. The van der Waals surface area contributed by atoms with E-state index in [-0.39, 0.29) is 36.1 Å². The van der Waals surface area contributed by atoms with Crippen LogP contribution in [0, 0.1) is 5.92 Å². The van der Waals surface area contributed by atoms with Crippen LogP contribution >= 0.6 is 11.6 Å². The van der Waals surface area contributed by atoms with E-state index in [4.69, 9.17) is 25.5 Å². The lowest BCUT2D eigenvalue weighted by Crippen LogP contribution is -2.57. The second-order valence-corrected chi connectivity index (χ2v) is 9.94. The highest BCUT2D eigenvalue weighted by Gasteiger charge is 2.42. The van der Waals surface area contributed by atoms with Crippen LogP contribution < -0.4 is 10.1 Å². The highest BCUT2D eigenvalue weighted by molar-refractivity contribution is 6.30. The van der Waals surface area contributed by atoms with E-state index in [0.717, 1.165) is 0 Å². The van der Waals surface area contributed by atoms with Crippen LogP contribution in [0.2, 0.25) is 5.02 Å². The maximum atomic E-state index is 13.9. The van der Waals surface area contributed by atoms with Crippen molar-refractivity contribution in [3.05, 3.63) is 52.5 Å². The van der Waals surface area contributed by atoms with Crippen molar-refractivity contribution in [3.8, 4) is 5.75 Å². The number of ether oxygens (including phenoxy) is 2. The third kappa shape index (κ3) is 4.87. The molecular formula is C26H29ClFN3O5. The fourth-order valence-electron chi connectivity index (χ4n) is 4.97. The first-order valence-electron chi connectivity index (χ1n) is 12.0. The van der Waals surface area contributed by atoms with Gasteiger partial charge in [0, 0.05) is 17.1 Å². The summed E-state index contributed by atoms with van der Waals surface area (Å²) in [5.74, 6) is 0.400. The molecule has 8 nitrogen and oxygen atoms in total. The minimum atomic E-state index is -0.711. The molecule has 3 aromatic rings. The van der Waals surface area contributed by atoms with Crippen molar-refractivity contribution in [2.75, 3.05) is 32.3 Å². The molecule has 0 radical (unpaired) electrons. The number of benzene rings is 2. The summed E-state index contributed by atoms with van der Waals surface area (Å²) in [6, 6.07) is 9.51. The number of anilines is 1. The minimum Gasteiger partial charge on any atom is -0.493 e. The summed E-state index contributed by atoms with van der Waals surface area (Å²) in [5, 5.41) is 13.3. The lowest BCUT2D eigenvalue weighted by Gasteiger charge is -2.47. The van der Waals surface area contributed by atoms with E-state index in [1.54, 1.807) is 36.4 Å². The van der Waals surface area contributed by atoms with Gasteiger partial charge in [0.2, 0.25) is 0 Å². The topological polar surface area (TPSA) is 97.1 Å². The molecule has 0 bridgehead atoms. The van der Waals surface area contributed by atoms with Crippen molar-refractivity contribution in [3.63, 3.8) is 0 Å². The second kappa shape index (κ2) is 10.2. The summed E-state index contributed by atoms with van der Waals surface area (Å²) in [4.78, 5) is 20.0. The van der Waals surface area contributed by atoms with Crippen molar-refractivity contribution in [2.24, 2.45) is 5.92 Å². The summed E-state index contributed by atoms with van der Waals surface area (Å²) in [6.45, 7) is 2.13. The number of rotatable bonds is 7. The zero-order valence-electron chi connectivity index (χ0n) is 20.1. The summed E-state index contributed by atoms with van der Waals surface area (Å²) in [5.41, 5.74) is 1.84. The molecule has 2 aromatic carbocycles. The van der Waals surface area contributed by atoms with Crippen LogP contribution in [0.4, 0.5) is 10.4 Å². The Balaban J connectivity index is 1.43. The van der Waals surface area contributed by atoms with Gasteiger partial charge in [0.05, 0.1) is 38.0 Å². The summed E-state index contributed by atoms with van der Waals surface area (Å²) >= 11 is 6.06. The first kappa shape index (κ1) is 24.8. The van der Waals surface area contributed by atoms with Gasteiger partial charge in [-0.05, 0) is 55.5 Å². The lowest BCUT2D eigenvalue weighted by atomic mass is 9.76. The monoisotopic (exact) mass is 517 g/mol. The van der Waals surface area contributed by atoms with Gasteiger partial charge >= 0.3 is 0 Å². The molecule has 1 saturated heterocycles. The van der Waals surface area contributed by atoms with Crippen molar-refractivity contribution in [1.29, 1.82) is 0 Å². The number of alkyl halides is 1. The molecule has 2 N–H and O–H groups in total. The van der Waals surface area contributed by atoms with Gasteiger partial charge in [0.15, 0.2) is 11.3 Å². The van der Waals surface area contributed by atoms with E-state index in [1.807, 2.05) is 11.8 Å². The molecule has 0 spiro atoms. The molecule has 192 valence electrons. The van der Waals surface area contributed by atoms with Crippen LogP contribution in [0.3, 0.4) is 0 Å². The molecule has 1 aromatic heterocycles. The normalized spacial score (nSPS) is 24.9. The Hall–Kier alpha value is -2.88. The summed E-state index contributed by atoms with van der Waals surface area (Å²) in [6.07, 6.45) is 0.918. The van der Waals surface area contributed by atoms with Gasteiger partial charge in [-0.1, -0.05) is 23.7 Å². The fraction of sp³-hybridized carbons (Fsp3) is 0.462. The molecule has 5 rings (SSSR count). The number of methoxy groups -OCH3 is 1. The Morgan fingerprint density at radius 3 is 2.86 bits per heavy atom. The summed E-state index contributed by atoms with van der Waals surface area (Å²) in [7, 11) is 1.49. The highest BCUT2D eigenvalue weighted by atomic mass is 35.5. The van der Waals surface area contributed by atoms with Crippen molar-refractivity contribution < 1.29 is 28.2 Å². The number of hydrogen-bond acceptors (Lipinski definition) is 7. The predicted molar refractivity (Wildman–Crippen MR) is 133 cm³/mol. The van der Waals surface area contributed by atoms with E-state index in [2.05, 4.69) is 10.3 Å². The minimum absolute atomic E-state index is 0.0900. The largest absolute Gasteiger partial charge is 0.493 e. The van der Waals surface area contributed by atoms with Gasteiger partial charge in [-0.25, -0.2) is 4.39 Å². The van der Waals surface area contributed by atoms with Crippen LogP contribution in [-0.2, 0) is 4.74 Å². The van der Waals surface area contributed by atoms with Crippen LogP contribution in [0.5, 0.6) is 5.75 Å². The Bertz CT molecular complexity index is 1250. The molecule has 2 fully saturated rings. The van der Waals surface area contributed by atoms with E-state index in [0.29, 0.717) is 59.0 Å². The molecule has 1 aliphatic carbocycles. The zero-order chi connectivity index (χ0) is 25.4. The van der Waals surface area contributed by atoms with Crippen LogP contribution in [0.1, 0.15) is 41.7 Å². The number of aliphatic hydroxyl groups is 1. The smallest absolute Gasteiger partial charge is 0.296 e. The number of fused-ring (bicyclic) bond motifs is 1. The number of carbonyl (C=O) groups is 1. The van der Waals surface area contributed by atoms with Gasteiger partial charge < -0.3 is 29.2 Å². The fourth-order valence-corrected chi connectivity index (χ4v) is 5.17. The third-order valence-corrected chi connectivity index (χ3v) is 7.22. The van der Waals surface area contributed by atoms with Crippen LogP contribution in [0.15, 0.2) is 40.8 Å². The number of nitrogens with zero attached hydrogens (tertiary/aromatic N) is 2. The zero-order valence-corrected chi connectivity index (χ0v) is 20.9. The lowest BCUT2D eigenvalue weighted by molar-refractivity contribution is -0.0894. The third-order valence-electron chi connectivity index (χ3n) is 6.99. The Morgan fingerprint density at radius 2 is 2.17 bits per heavy atom. The summed E-state index contributed by atoms with van der Waals surface area (Å²) < 4.78 is 31.0. The Labute approximate surface area is 213 Å². The number of halogens is 2. The molecule has 1 amide bonds. The molecule has 3 atom stereocenters. The Morgan fingerprint density at radius 1 is 1.36 bits per heavy atom. The van der Waals surface area contributed by atoms with E-state index < -0.39 is 12.7 Å².